The molecule has 0 aliphatic carbocycles. The first-order valence-electron chi connectivity index (χ1n) is 0.816. The Hall–Kier alpha value is 1.61. The second-order valence-electron chi connectivity index (χ2n) is 0.408. The zero-order chi connectivity index (χ0) is 2.71. The number of hydrogen-bond donors (Lipinski definition) is 0. The van der Waals surface area contributed by atoms with E-state index in [2.05, 4.69) is 0 Å². The summed E-state index contributed by atoms with van der Waals surface area (Å²) in [5.41, 5.74) is 0. The third-order valence-electron chi connectivity index (χ3n) is 0. The van der Waals surface area contributed by atoms with Crippen LogP contribution in [-0.2, 0) is 0 Å². The van der Waals surface area contributed by atoms with Gasteiger partial charge in [-0.3, -0.25) is 0 Å². The summed E-state index contributed by atoms with van der Waals surface area (Å²) in [6.07, 6.45) is 4.08. The van der Waals surface area contributed by atoms with Gasteiger partial charge in [0.2, 0.25) is 0 Å². The molecule has 0 saturated carbocycles. The van der Waals surface area contributed by atoms with E-state index in [4.69, 9.17) is 0 Å². The van der Waals surface area contributed by atoms with E-state index in [0.29, 0.717) is 0 Å². The molecule has 0 spiro atoms. The van der Waals surface area contributed by atoms with Crippen molar-refractivity contribution >= 4 is 11.8 Å². The van der Waals surface area contributed by atoms with E-state index in [1.54, 1.807) is 11.8 Å². The zero-order valence-corrected chi connectivity index (χ0v) is 4.29. The molecule has 0 rings (SSSR count). The normalized spacial score (nSPS) is 4.50. The molecular formula is C2H6ArS. The predicted molar refractivity (Wildman–Crippen MR) is 19.4 cm³/mol. The second-order valence-corrected chi connectivity index (χ2v) is 1.22. The summed E-state index contributed by atoms with van der Waals surface area (Å²) >= 11 is 1.75. The molecule has 0 aromatic heterocycles. The molecule has 0 aromatic carbocycles. The van der Waals surface area contributed by atoms with Crippen LogP contribution in [0.4, 0.5) is 0 Å². The molecule has 0 unspecified atom stereocenters. The van der Waals surface area contributed by atoms with Crippen LogP contribution in [0.1, 0.15) is 0 Å². The van der Waals surface area contributed by atoms with Crippen molar-refractivity contribution in [2.75, 3.05) is 12.5 Å². The van der Waals surface area contributed by atoms with Crippen molar-refractivity contribution in [3.05, 3.63) is 0 Å². The molecule has 0 amide bonds. The van der Waals surface area contributed by atoms with Gasteiger partial charge in [-0.1, -0.05) is 0 Å². The molecule has 0 radical (unpaired) electrons. The maximum Gasteiger partial charge on any atom is 0 e. The number of hydrogen-bond acceptors (Lipinski definition) is 1. The fourth-order valence-corrected chi connectivity index (χ4v) is 0. The average molecular weight is 102 g/mol. The van der Waals surface area contributed by atoms with E-state index in [0.717, 1.165) is 0 Å². The molecule has 0 aliphatic rings. The molecule has 4 heavy (non-hydrogen) atoms. The molecule has 28 valence electrons. The first kappa shape index (κ1) is 9.15. The van der Waals surface area contributed by atoms with Crippen LogP contribution in [0, 0.1) is 37.7 Å². The fourth-order valence-electron chi connectivity index (χ4n) is 0. The van der Waals surface area contributed by atoms with Crippen LogP contribution in [-0.4, -0.2) is 12.5 Å². The van der Waals surface area contributed by atoms with Crippen LogP contribution in [0.5, 0.6) is 0 Å². The van der Waals surface area contributed by atoms with Gasteiger partial charge in [0.25, 0.3) is 0 Å². The molecule has 0 bridgehead atoms. The summed E-state index contributed by atoms with van der Waals surface area (Å²) in [6, 6.07) is 0. The average Bonchev–Trinajstić information content (AvgIpc) is 0.918. The Labute approximate surface area is 61.3 Å². The largest absolute Gasteiger partial charge is 0.169 e. The van der Waals surface area contributed by atoms with Gasteiger partial charge in [0.1, 0.15) is 0 Å². The topological polar surface area (TPSA) is 0 Å². The molecule has 0 atom stereocenters. The van der Waals surface area contributed by atoms with E-state index < -0.39 is 0 Å². The first-order valence-corrected chi connectivity index (χ1v) is 2.45. The summed E-state index contributed by atoms with van der Waals surface area (Å²) in [6.45, 7) is 0. The summed E-state index contributed by atoms with van der Waals surface area (Å²) in [7, 11) is 0. The Morgan fingerprint density at radius 2 is 1.25 bits per heavy atom. The van der Waals surface area contributed by atoms with Gasteiger partial charge in [-0.15, -0.1) is 0 Å². The molecule has 0 fully saturated rings. The van der Waals surface area contributed by atoms with E-state index in [-0.39, 0.29) is 37.7 Å². The Morgan fingerprint density at radius 1 is 1.25 bits per heavy atom. The van der Waals surface area contributed by atoms with Gasteiger partial charge < -0.3 is 0 Å². The Bertz CT molecular complexity index is 6.00. The number of rotatable bonds is 0. The SMILES string of the molecule is CSC.[Ar]. The number of thioether (sulfide) groups is 1. The van der Waals surface area contributed by atoms with Crippen molar-refractivity contribution in [3.63, 3.8) is 0 Å². The van der Waals surface area contributed by atoms with Crippen LogP contribution in [0.15, 0.2) is 0 Å². The van der Waals surface area contributed by atoms with Crippen molar-refractivity contribution in [2.45, 2.75) is 0 Å². The molecule has 0 heterocycles. The van der Waals surface area contributed by atoms with E-state index >= 15 is 0 Å². The quantitative estimate of drug-likeness (QED) is 0.439. The summed E-state index contributed by atoms with van der Waals surface area (Å²) in [5, 5.41) is 0. The van der Waals surface area contributed by atoms with Crippen LogP contribution in [0.3, 0.4) is 0 Å². The van der Waals surface area contributed by atoms with Gasteiger partial charge in [0.15, 0.2) is 0 Å². The summed E-state index contributed by atoms with van der Waals surface area (Å²) in [5.74, 6) is 0. The van der Waals surface area contributed by atoms with E-state index in [9.17, 15) is 0 Å². The Kier molecular flexibility index (Phi) is 20.2. The smallest absolute Gasteiger partial charge is 0 e. The summed E-state index contributed by atoms with van der Waals surface area (Å²) in [4.78, 5) is 0. The molecule has 0 aliphatic heterocycles. The fraction of sp³-hybridized carbons (Fsp3) is 1.00. The minimum Gasteiger partial charge on any atom is -0.169 e. The van der Waals surface area contributed by atoms with Crippen LogP contribution < -0.4 is 0 Å². The second kappa shape index (κ2) is 8.82. The van der Waals surface area contributed by atoms with Crippen molar-refractivity contribution in [3.8, 4) is 0 Å². The monoisotopic (exact) mass is 102 g/mol. The molecule has 0 saturated heterocycles. The van der Waals surface area contributed by atoms with Gasteiger partial charge in [-0.2, -0.15) is 11.8 Å². The Morgan fingerprint density at radius 3 is 1.25 bits per heavy atom. The van der Waals surface area contributed by atoms with E-state index in [1.807, 2.05) is 12.5 Å². The minimum absolute atomic E-state index is 0. The van der Waals surface area contributed by atoms with Crippen molar-refractivity contribution in [1.29, 1.82) is 0 Å². The third-order valence-corrected chi connectivity index (χ3v) is 0. The predicted octanol–water partition coefficient (Wildman–Crippen LogP) is 0.979. The zero-order valence-electron chi connectivity index (χ0n) is 2.76. The van der Waals surface area contributed by atoms with E-state index in [1.165, 1.54) is 0 Å². The maximum atomic E-state index is 2.04. The van der Waals surface area contributed by atoms with Gasteiger partial charge in [-0.05, 0) is 12.5 Å². The first-order chi connectivity index (χ1) is 1.41. The Balaban J connectivity index is 0. The van der Waals surface area contributed by atoms with Crippen LogP contribution in [0.2, 0.25) is 0 Å². The van der Waals surface area contributed by atoms with Gasteiger partial charge in [-0.25, -0.2) is 0 Å². The van der Waals surface area contributed by atoms with Gasteiger partial charge >= 0.3 is 0 Å². The molecule has 2 heteroatoms. The molecule has 0 nitrogen and oxygen atoms in total. The van der Waals surface area contributed by atoms with Crippen molar-refractivity contribution < 1.29 is 37.7 Å². The molecule has 0 aromatic rings. The molecule has 0 N–H and O–H groups in total. The molecular weight excluding hydrogens is 96.0 g/mol. The van der Waals surface area contributed by atoms with Gasteiger partial charge in [0.05, 0.1) is 0 Å². The standard InChI is InChI=1S/C2H6S.Ar/c1-3-2;/h1-2H3;. The summed E-state index contributed by atoms with van der Waals surface area (Å²) < 4.78 is 0. The van der Waals surface area contributed by atoms with Gasteiger partial charge in [0, 0.05) is 37.7 Å². The minimum atomic E-state index is 0. The third kappa shape index (κ3) is 9.49. The maximum absolute atomic E-state index is 2.04. The van der Waals surface area contributed by atoms with Crippen molar-refractivity contribution in [1.82, 2.24) is 0 Å². The van der Waals surface area contributed by atoms with Crippen LogP contribution in [0.25, 0.3) is 0 Å². The van der Waals surface area contributed by atoms with Crippen LogP contribution >= 0.6 is 11.8 Å². The van der Waals surface area contributed by atoms with Crippen molar-refractivity contribution in [2.24, 2.45) is 0 Å².